The SMILES string of the molecule is Cc1cnn(CC(=O)N2CCNCC2)c1. The van der Waals surface area contributed by atoms with Crippen molar-refractivity contribution < 1.29 is 4.79 Å². The fourth-order valence-corrected chi connectivity index (χ4v) is 1.71. The van der Waals surface area contributed by atoms with Gasteiger partial charge in [0, 0.05) is 32.4 Å². The van der Waals surface area contributed by atoms with Gasteiger partial charge in [0.05, 0.1) is 6.20 Å². The van der Waals surface area contributed by atoms with Crippen molar-refractivity contribution in [3.63, 3.8) is 0 Å². The Morgan fingerprint density at radius 1 is 1.53 bits per heavy atom. The summed E-state index contributed by atoms with van der Waals surface area (Å²) in [6.45, 7) is 5.72. The smallest absolute Gasteiger partial charge is 0.244 e. The Morgan fingerprint density at radius 2 is 2.27 bits per heavy atom. The van der Waals surface area contributed by atoms with Crippen LogP contribution in [0.4, 0.5) is 0 Å². The van der Waals surface area contributed by atoms with Gasteiger partial charge in [-0.15, -0.1) is 0 Å². The summed E-state index contributed by atoms with van der Waals surface area (Å²) in [5.74, 6) is 0.152. The lowest BCUT2D eigenvalue weighted by molar-refractivity contribution is -0.132. The van der Waals surface area contributed by atoms with Gasteiger partial charge in [0.25, 0.3) is 0 Å². The molecule has 2 heterocycles. The van der Waals surface area contributed by atoms with E-state index in [0.29, 0.717) is 6.54 Å². The summed E-state index contributed by atoms with van der Waals surface area (Å²) >= 11 is 0. The van der Waals surface area contributed by atoms with Crippen molar-refractivity contribution in [1.29, 1.82) is 0 Å². The number of carbonyl (C=O) groups excluding carboxylic acids is 1. The van der Waals surface area contributed by atoms with Crippen LogP contribution in [0.25, 0.3) is 0 Å². The highest BCUT2D eigenvalue weighted by Gasteiger charge is 2.16. The molecule has 15 heavy (non-hydrogen) atoms. The Kier molecular flexibility index (Phi) is 3.01. The Labute approximate surface area is 89.1 Å². The molecule has 2 rings (SSSR count). The minimum absolute atomic E-state index is 0.152. The van der Waals surface area contributed by atoms with E-state index < -0.39 is 0 Å². The number of aromatic nitrogens is 2. The molecule has 0 atom stereocenters. The topological polar surface area (TPSA) is 50.2 Å². The number of piperazine rings is 1. The van der Waals surface area contributed by atoms with Gasteiger partial charge in [0.15, 0.2) is 0 Å². The van der Waals surface area contributed by atoms with E-state index in [0.717, 1.165) is 31.7 Å². The van der Waals surface area contributed by atoms with E-state index in [4.69, 9.17) is 0 Å². The molecule has 1 fully saturated rings. The molecule has 82 valence electrons. The Balaban J connectivity index is 1.91. The van der Waals surface area contributed by atoms with Gasteiger partial charge in [-0.2, -0.15) is 5.10 Å². The van der Waals surface area contributed by atoms with Crippen molar-refractivity contribution >= 4 is 5.91 Å². The van der Waals surface area contributed by atoms with Gasteiger partial charge < -0.3 is 10.2 Å². The first kappa shape index (κ1) is 10.2. The normalized spacial score (nSPS) is 16.7. The number of nitrogens with one attached hydrogen (secondary N) is 1. The lowest BCUT2D eigenvalue weighted by Crippen LogP contribution is -2.47. The molecule has 1 aromatic heterocycles. The summed E-state index contributed by atoms with van der Waals surface area (Å²) in [6.07, 6.45) is 3.66. The summed E-state index contributed by atoms with van der Waals surface area (Å²) in [5, 5.41) is 7.33. The Bertz CT molecular complexity index is 341. The highest BCUT2D eigenvalue weighted by Crippen LogP contribution is 1.98. The fourth-order valence-electron chi connectivity index (χ4n) is 1.71. The monoisotopic (exact) mass is 208 g/mol. The zero-order valence-corrected chi connectivity index (χ0v) is 8.94. The van der Waals surface area contributed by atoms with Crippen LogP contribution in [0, 0.1) is 6.92 Å². The standard InChI is InChI=1S/C10H16N4O/c1-9-6-12-14(7-9)8-10(15)13-4-2-11-3-5-13/h6-7,11H,2-5,8H2,1H3. The lowest BCUT2D eigenvalue weighted by Gasteiger charge is -2.27. The summed E-state index contributed by atoms with van der Waals surface area (Å²) < 4.78 is 1.69. The molecule has 5 nitrogen and oxygen atoms in total. The molecule has 0 radical (unpaired) electrons. The molecule has 0 unspecified atom stereocenters. The summed E-state index contributed by atoms with van der Waals surface area (Å²) in [6, 6.07) is 0. The summed E-state index contributed by atoms with van der Waals surface area (Å²) in [4.78, 5) is 13.7. The van der Waals surface area contributed by atoms with Gasteiger partial charge in [0.1, 0.15) is 6.54 Å². The number of rotatable bonds is 2. The second-order valence-corrected chi connectivity index (χ2v) is 3.85. The summed E-state index contributed by atoms with van der Waals surface area (Å²) in [5.41, 5.74) is 1.09. The molecule has 0 bridgehead atoms. The predicted octanol–water partition coefficient (Wildman–Crippen LogP) is -0.377. The first-order valence-corrected chi connectivity index (χ1v) is 5.23. The van der Waals surface area contributed by atoms with Gasteiger partial charge >= 0.3 is 0 Å². The first-order chi connectivity index (χ1) is 7.25. The molecule has 0 aliphatic carbocycles. The van der Waals surface area contributed by atoms with Gasteiger partial charge in [-0.25, -0.2) is 0 Å². The number of hydrogen-bond acceptors (Lipinski definition) is 3. The highest BCUT2D eigenvalue weighted by atomic mass is 16.2. The average molecular weight is 208 g/mol. The maximum Gasteiger partial charge on any atom is 0.244 e. The molecule has 1 N–H and O–H groups in total. The van der Waals surface area contributed by atoms with Crippen LogP contribution < -0.4 is 5.32 Å². The number of carbonyl (C=O) groups is 1. The largest absolute Gasteiger partial charge is 0.339 e. The maximum atomic E-state index is 11.8. The molecule has 0 saturated carbocycles. The lowest BCUT2D eigenvalue weighted by atomic mass is 10.3. The second kappa shape index (κ2) is 4.44. The van der Waals surface area contributed by atoms with Gasteiger partial charge in [0.2, 0.25) is 5.91 Å². The van der Waals surface area contributed by atoms with Crippen molar-refractivity contribution in [3.05, 3.63) is 18.0 Å². The van der Waals surface area contributed by atoms with E-state index in [2.05, 4.69) is 10.4 Å². The van der Waals surface area contributed by atoms with Crippen molar-refractivity contribution in [2.45, 2.75) is 13.5 Å². The van der Waals surface area contributed by atoms with Crippen molar-refractivity contribution in [2.75, 3.05) is 26.2 Å². The highest BCUT2D eigenvalue weighted by molar-refractivity contribution is 5.76. The predicted molar refractivity (Wildman–Crippen MR) is 56.4 cm³/mol. The molecule has 1 amide bonds. The summed E-state index contributed by atoms with van der Waals surface area (Å²) in [7, 11) is 0. The van der Waals surface area contributed by atoms with Crippen LogP contribution in [-0.4, -0.2) is 46.8 Å². The average Bonchev–Trinajstić information content (AvgIpc) is 2.65. The Morgan fingerprint density at radius 3 is 2.87 bits per heavy atom. The minimum Gasteiger partial charge on any atom is -0.339 e. The number of aryl methyl sites for hydroxylation is 1. The molecule has 0 aromatic carbocycles. The fraction of sp³-hybridized carbons (Fsp3) is 0.600. The van der Waals surface area contributed by atoms with Crippen molar-refractivity contribution in [2.24, 2.45) is 0 Å². The Hall–Kier alpha value is -1.36. The number of hydrogen-bond donors (Lipinski definition) is 1. The van der Waals surface area contributed by atoms with Crippen molar-refractivity contribution in [1.82, 2.24) is 20.0 Å². The molecule has 1 aliphatic rings. The third-order valence-electron chi connectivity index (χ3n) is 2.53. The number of amides is 1. The van der Waals surface area contributed by atoms with Crippen LogP contribution in [0.1, 0.15) is 5.56 Å². The van der Waals surface area contributed by atoms with Crippen LogP contribution in [0.5, 0.6) is 0 Å². The van der Waals surface area contributed by atoms with Crippen LogP contribution in [0.2, 0.25) is 0 Å². The zero-order chi connectivity index (χ0) is 10.7. The van der Waals surface area contributed by atoms with Gasteiger partial charge in [-0.3, -0.25) is 9.48 Å². The minimum atomic E-state index is 0.152. The van der Waals surface area contributed by atoms with E-state index in [-0.39, 0.29) is 5.91 Å². The molecule has 0 spiro atoms. The van der Waals surface area contributed by atoms with Gasteiger partial charge in [-0.1, -0.05) is 0 Å². The quantitative estimate of drug-likeness (QED) is 0.721. The molecular formula is C10H16N4O. The second-order valence-electron chi connectivity index (χ2n) is 3.85. The molecule has 1 saturated heterocycles. The van der Waals surface area contributed by atoms with E-state index in [9.17, 15) is 4.79 Å². The van der Waals surface area contributed by atoms with E-state index in [1.807, 2.05) is 18.0 Å². The van der Waals surface area contributed by atoms with Crippen LogP contribution in [0.15, 0.2) is 12.4 Å². The van der Waals surface area contributed by atoms with E-state index in [1.54, 1.807) is 10.9 Å². The third-order valence-corrected chi connectivity index (χ3v) is 2.53. The molecule has 5 heteroatoms. The molecule has 1 aliphatic heterocycles. The zero-order valence-electron chi connectivity index (χ0n) is 8.94. The molecular weight excluding hydrogens is 192 g/mol. The van der Waals surface area contributed by atoms with E-state index in [1.165, 1.54) is 0 Å². The van der Waals surface area contributed by atoms with Crippen molar-refractivity contribution in [3.8, 4) is 0 Å². The van der Waals surface area contributed by atoms with Crippen LogP contribution in [0.3, 0.4) is 0 Å². The number of nitrogens with zero attached hydrogens (tertiary/aromatic N) is 3. The first-order valence-electron chi connectivity index (χ1n) is 5.23. The van der Waals surface area contributed by atoms with Gasteiger partial charge in [-0.05, 0) is 12.5 Å². The maximum absolute atomic E-state index is 11.8. The van der Waals surface area contributed by atoms with E-state index >= 15 is 0 Å². The van der Waals surface area contributed by atoms with Crippen LogP contribution in [-0.2, 0) is 11.3 Å². The van der Waals surface area contributed by atoms with Crippen LogP contribution >= 0.6 is 0 Å². The third kappa shape index (κ3) is 2.56. The molecule has 1 aromatic rings.